The van der Waals surface area contributed by atoms with Crippen molar-refractivity contribution in [2.24, 2.45) is 0 Å². The van der Waals surface area contributed by atoms with E-state index in [1.165, 1.54) is 29.5 Å². The Morgan fingerprint density at radius 1 is 0.872 bits per heavy atom. The lowest BCUT2D eigenvalue weighted by Gasteiger charge is -2.25. The lowest BCUT2D eigenvalue weighted by atomic mass is 10.0. The van der Waals surface area contributed by atoms with Gasteiger partial charge in [0, 0.05) is 5.56 Å². The van der Waals surface area contributed by atoms with E-state index >= 15 is 0 Å². The van der Waals surface area contributed by atoms with Gasteiger partial charge in [-0.15, -0.1) is 0 Å². The molecular formula is C32H40N2O4Si. The van der Waals surface area contributed by atoms with Crippen LogP contribution in [-0.4, -0.2) is 39.0 Å². The van der Waals surface area contributed by atoms with Gasteiger partial charge in [0.15, 0.2) is 0 Å². The summed E-state index contributed by atoms with van der Waals surface area (Å²) in [5.74, 6) is -1.12. The van der Waals surface area contributed by atoms with Crippen LogP contribution >= 0.6 is 0 Å². The SMILES string of the molecule is COC(=O)C[C@H](NC(=O)[C@H](C)NC(=O)c1ccccc1)c1ccc([Si](C)(C)CCCc2ccc(C)cc2)cc1. The molecule has 2 N–H and O–H groups in total. The first-order valence-corrected chi connectivity index (χ1v) is 16.7. The highest BCUT2D eigenvalue weighted by molar-refractivity contribution is 6.89. The molecule has 0 radical (unpaired) electrons. The zero-order valence-electron chi connectivity index (χ0n) is 23.6. The Hall–Kier alpha value is -3.71. The van der Waals surface area contributed by atoms with Gasteiger partial charge in [0.2, 0.25) is 5.91 Å². The summed E-state index contributed by atoms with van der Waals surface area (Å²) < 4.78 is 4.88. The van der Waals surface area contributed by atoms with Crippen LogP contribution in [0.15, 0.2) is 78.9 Å². The van der Waals surface area contributed by atoms with Gasteiger partial charge in [-0.1, -0.05) is 103 Å². The van der Waals surface area contributed by atoms with Crippen LogP contribution in [-0.2, 0) is 20.7 Å². The van der Waals surface area contributed by atoms with Gasteiger partial charge in [0.1, 0.15) is 6.04 Å². The number of ether oxygens (including phenoxy) is 1. The van der Waals surface area contributed by atoms with Crippen molar-refractivity contribution in [3.8, 4) is 0 Å². The Labute approximate surface area is 233 Å². The third-order valence-electron chi connectivity index (χ3n) is 7.17. The lowest BCUT2D eigenvalue weighted by Crippen LogP contribution is -2.46. The molecule has 6 nitrogen and oxygen atoms in total. The van der Waals surface area contributed by atoms with Gasteiger partial charge in [-0.3, -0.25) is 14.4 Å². The summed E-state index contributed by atoms with van der Waals surface area (Å²) in [5, 5.41) is 6.98. The van der Waals surface area contributed by atoms with E-state index in [0.717, 1.165) is 18.4 Å². The number of amides is 2. The molecule has 0 saturated heterocycles. The minimum Gasteiger partial charge on any atom is -0.469 e. The second-order valence-corrected chi connectivity index (χ2v) is 15.6. The number of rotatable bonds is 12. The lowest BCUT2D eigenvalue weighted by molar-refractivity contribution is -0.141. The third-order valence-corrected chi connectivity index (χ3v) is 10.7. The van der Waals surface area contributed by atoms with Crippen LogP contribution in [0, 0.1) is 6.92 Å². The monoisotopic (exact) mass is 544 g/mol. The molecule has 0 aliphatic heterocycles. The Morgan fingerprint density at radius 2 is 1.51 bits per heavy atom. The smallest absolute Gasteiger partial charge is 0.307 e. The number of esters is 1. The number of hydrogen-bond acceptors (Lipinski definition) is 4. The fraction of sp³-hybridized carbons (Fsp3) is 0.344. The first kappa shape index (κ1) is 29.8. The van der Waals surface area contributed by atoms with Gasteiger partial charge in [-0.05, 0) is 43.5 Å². The van der Waals surface area contributed by atoms with Gasteiger partial charge in [-0.25, -0.2) is 0 Å². The number of benzene rings is 3. The summed E-state index contributed by atoms with van der Waals surface area (Å²) >= 11 is 0. The van der Waals surface area contributed by atoms with Crippen molar-refractivity contribution in [3.63, 3.8) is 0 Å². The van der Waals surface area contributed by atoms with Crippen LogP contribution in [0.2, 0.25) is 19.1 Å². The van der Waals surface area contributed by atoms with E-state index in [9.17, 15) is 14.4 Å². The summed E-state index contributed by atoms with van der Waals surface area (Å²) in [5.41, 5.74) is 3.95. The van der Waals surface area contributed by atoms with Crippen molar-refractivity contribution in [1.82, 2.24) is 10.6 Å². The zero-order valence-corrected chi connectivity index (χ0v) is 24.6. The summed E-state index contributed by atoms with van der Waals surface area (Å²) in [6, 6.07) is 25.5. The molecule has 0 aliphatic carbocycles. The highest BCUT2D eigenvalue weighted by Crippen LogP contribution is 2.20. The second-order valence-electron chi connectivity index (χ2n) is 10.7. The van der Waals surface area contributed by atoms with Crippen molar-refractivity contribution in [1.29, 1.82) is 0 Å². The van der Waals surface area contributed by atoms with Crippen molar-refractivity contribution in [2.45, 2.75) is 64.3 Å². The van der Waals surface area contributed by atoms with E-state index in [4.69, 9.17) is 4.74 Å². The van der Waals surface area contributed by atoms with Crippen molar-refractivity contribution >= 4 is 31.0 Å². The van der Waals surface area contributed by atoms with Gasteiger partial charge < -0.3 is 15.4 Å². The van der Waals surface area contributed by atoms with Crippen LogP contribution < -0.4 is 15.8 Å². The van der Waals surface area contributed by atoms with Crippen LogP contribution in [0.1, 0.15) is 52.9 Å². The number of nitrogens with one attached hydrogen (secondary N) is 2. The van der Waals surface area contributed by atoms with Gasteiger partial charge >= 0.3 is 5.97 Å². The molecule has 2 amide bonds. The minimum atomic E-state index is -1.67. The molecule has 0 bridgehead atoms. The number of methoxy groups -OCH3 is 1. The average molecular weight is 545 g/mol. The molecular weight excluding hydrogens is 504 g/mol. The molecule has 3 rings (SSSR count). The Morgan fingerprint density at radius 3 is 2.13 bits per heavy atom. The first-order chi connectivity index (χ1) is 18.6. The van der Waals surface area contributed by atoms with Crippen LogP contribution in [0.25, 0.3) is 0 Å². The molecule has 0 aromatic heterocycles. The quantitative estimate of drug-likeness (QED) is 0.246. The van der Waals surface area contributed by atoms with Gasteiger partial charge in [0.05, 0.1) is 27.6 Å². The Kier molecular flexibility index (Phi) is 10.6. The number of hydrogen-bond donors (Lipinski definition) is 2. The molecule has 7 heteroatoms. The standard InChI is InChI=1S/C32H40N2O4Si/c1-23-13-15-25(16-14-23)10-9-21-39(4,5)28-19-17-26(18-20-28)29(22-30(35)38-3)34-31(36)24(2)33-32(37)27-11-7-6-8-12-27/h6-8,11-20,24,29H,9-10,21-22H2,1-5H3,(H,33,37)(H,34,36)/t24-,29-/m0/s1. The molecule has 0 spiro atoms. The van der Waals surface area contributed by atoms with Crippen LogP contribution in [0.4, 0.5) is 0 Å². The predicted octanol–water partition coefficient (Wildman–Crippen LogP) is 5.08. The summed E-state index contributed by atoms with van der Waals surface area (Å²) in [7, 11) is -0.337. The van der Waals surface area contributed by atoms with E-state index in [1.54, 1.807) is 31.2 Å². The normalized spacial score (nSPS) is 12.7. The maximum absolute atomic E-state index is 13.0. The fourth-order valence-corrected chi connectivity index (χ4v) is 6.95. The number of aryl methyl sites for hydroxylation is 2. The summed E-state index contributed by atoms with van der Waals surface area (Å²) in [6.45, 7) is 8.48. The fourth-order valence-electron chi connectivity index (χ4n) is 4.53. The first-order valence-electron chi connectivity index (χ1n) is 13.5. The van der Waals surface area contributed by atoms with Gasteiger partial charge in [-0.2, -0.15) is 0 Å². The molecule has 0 aliphatic rings. The molecule has 3 aromatic rings. The number of carbonyl (C=O) groups excluding carboxylic acids is 3. The van der Waals surface area contributed by atoms with Crippen LogP contribution in [0.3, 0.4) is 0 Å². The van der Waals surface area contributed by atoms with Crippen molar-refractivity contribution < 1.29 is 19.1 Å². The third kappa shape index (κ3) is 8.92. The van der Waals surface area contributed by atoms with E-state index in [2.05, 4.69) is 67.0 Å². The highest BCUT2D eigenvalue weighted by Gasteiger charge is 2.26. The highest BCUT2D eigenvalue weighted by atomic mass is 28.3. The average Bonchev–Trinajstić information content (AvgIpc) is 2.94. The van der Waals surface area contributed by atoms with Crippen LogP contribution in [0.5, 0.6) is 0 Å². The molecule has 0 heterocycles. The largest absolute Gasteiger partial charge is 0.469 e. The maximum Gasteiger partial charge on any atom is 0.307 e. The maximum atomic E-state index is 13.0. The predicted molar refractivity (Wildman–Crippen MR) is 159 cm³/mol. The molecule has 2 atom stereocenters. The van der Waals surface area contributed by atoms with Crippen molar-refractivity contribution in [2.75, 3.05) is 7.11 Å². The summed E-state index contributed by atoms with van der Waals surface area (Å²) in [6.07, 6.45) is 2.21. The Bertz CT molecular complexity index is 1240. The molecule has 0 unspecified atom stereocenters. The van der Waals surface area contributed by atoms with E-state index < -0.39 is 26.1 Å². The molecule has 206 valence electrons. The van der Waals surface area contributed by atoms with E-state index in [0.29, 0.717) is 5.56 Å². The molecule has 0 saturated carbocycles. The van der Waals surface area contributed by atoms with E-state index in [1.807, 2.05) is 18.2 Å². The van der Waals surface area contributed by atoms with E-state index in [-0.39, 0.29) is 18.2 Å². The molecule has 3 aromatic carbocycles. The zero-order chi connectivity index (χ0) is 28.4. The summed E-state index contributed by atoms with van der Waals surface area (Å²) in [4.78, 5) is 37.6. The molecule has 39 heavy (non-hydrogen) atoms. The second kappa shape index (κ2) is 13.9. The minimum absolute atomic E-state index is 0.00168. The topological polar surface area (TPSA) is 84.5 Å². The van der Waals surface area contributed by atoms with Gasteiger partial charge in [0.25, 0.3) is 5.91 Å². The van der Waals surface area contributed by atoms with Crippen molar-refractivity contribution in [3.05, 3.63) is 101 Å². The Balaban J connectivity index is 1.64. The number of carbonyl (C=O) groups is 3. The molecule has 0 fully saturated rings.